The molecule has 0 saturated heterocycles. The Kier molecular flexibility index (Phi) is 11.4. The number of hydrogen-bond acceptors (Lipinski definition) is 8. The fourth-order valence-electron chi connectivity index (χ4n) is 8.48. The van der Waals surface area contributed by atoms with Crippen LogP contribution in [-0.4, -0.2) is 41.3 Å². The second kappa shape index (κ2) is 17.6. The van der Waals surface area contributed by atoms with Crippen molar-refractivity contribution in [1.29, 1.82) is 0 Å². The first-order valence-corrected chi connectivity index (χ1v) is 20.8. The van der Waals surface area contributed by atoms with E-state index in [2.05, 4.69) is 100 Å². The van der Waals surface area contributed by atoms with Crippen LogP contribution < -0.4 is 10.6 Å². The monoisotopic (exact) mass is 782 g/mol. The molecule has 10 nitrogen and oxygen atoms in total. The molecule has 0 saturated carbocycles. The first-order valence-electron chi connectivity index (χ1n) is 20.8. The van der Waals surface area contributed by atoms with Crippen molar-refractivity contribution < 1.29 is 9.84 Å². The first-order chi connectivity index (χ1) is 29.2. The van der Waals surface area contributed by atoms with Crippen molar-refractivity contribution in [3.63, 3.8) is 0 Å². The van der Waals surface area contributed by atoms with Gasteiger partial charge in [0.25, 0.3) is 0 Å². The van der Waals surface area contributed by atoms with Crippen molar-refractivity contribution in [2.75, 3.05) is 17.7 Å². The molecule has 2 aliphatic carbocycles. The van der Waals surface area contributed by atoms with E-state index in [9.17, 15) is 5.11 Å². The van der Waals surface area contributed by atoms with E-state index in [0.29, 0.717) is 12.6 Å². The molecule has 298 valence electrons. The number of ether oxygens (including phenoxy) is 1. The Labute approximate surface area is 345 Å². The summed E-state index contributed by atoms with van der Waals surface area (Å²) in [6.45, 7) is 1.94. The largest absolute Gasteiger partial charge is 0.390 e. The molecule has 0 fully saturated rings. The van der Waals surface area contributed by atoms with Crippen molar-refractivity contribution in [2.45, 2.75) is 77.7 Å². The van der Waals surface area contributed by atoms with Crippen molar-refractivity contribution in [1.82, 2.24) is 29.1 Å². The Hall–Kier alpha value is -6.36. The van der Waals surface area contributed by atoms with Gasteiger partial charge in [-0.2, -0.15) is 9.97 Å². The van der Waals surface area contributed by atoms with Gasteiger partial charge in [0.15, 0.2) is 0 Å². The first kappa shape index (κ1) is 38.2. The zero-order valence-electron chi connectivity index (χ0n) is 33.6. The average Bonchev–Trinajstić information content (AvgIpc) is 3.86. The quantitative estimate of drug-likeness (QED) is 0.119. The van der Waals surface area contributed by atoms with Gasteiger partial charge in [-0.1, -0.05) is 97.1 Å². The van der Waals surface area contributed by atoms with Gasteiger partial charge in [-0.3, -0.25) is 9.13 Å². The highest BCUT2D eigenvalue weighted by Gasteiger charge is 2.22. The molecule has 2 aliphatic rings. The maximum atomic E-state index is 9.95. The Morgan fingerprint density at radius 1 is 0.542 bits per heavy atom. The van der Waals surface area contributed by atoms with Crippen LogP contribution in [0.15, 0.2) is 121 Å². The third kappa shape index (κ3) is 8.19. The summed E-state index contributed by atoms with van der Waals surface area (Å²) in [5.41, 5.74) is 11.2. The molecule has 0 aliphatic heterocycles. The lowest BCUT2D eigenvalue weighted by Gasteiger charge is -2.21. The van der Waals surface area contributed by atoms with Gasteiger partial charge in [0.05, 0.1) is 47.0 Å². The fraction of sp³-hybridized carbons (Fsp3) is 0.265. The van der Waals surface area contributed by atoms with Crippen LogP contribution in [0.25, 0.3) is 33.7 Å². The number of aryl methyl sites for hydroxylation is 2. The van der Waals surface area contributed by atoms with Crippen LogP contribution in [0.3, 0.4) is 0 Å². The smallest absolute Gasteiger partial charge is 0.236 e. The normalized spacial score (nSPS) is 13.4. The van der Waals surface area contributed by atoms with E-state index in [-0.39, 0.29) is 6.61 Å². The number of methoxy groups -OCH3 is 1. The Bertz CT molecular complexity index is 2690. The van der Waals surface area contributed by atoms with E-state index in [1.807, 2.05) is 41.0 Å². The predicted octanol–water partition coefficient (Wildman–Crippen LogP) is 9.46. The lowest BCUT2D eigenvalue weighted by molar-refractivity contribution is 0.180. The van der Waals surface area contributed by atoms with E-state index >= 15 is 0 Å². The zero-order valence-corrected chi connectivity index (χ0v) is 33.6. The van der Waals surface area contributed by atoms with Crippen LogP contribution in [0, 0.1) is 0 Å². The van der Waals surface area contributed by atoms with Crippen molar-refractivity contribution in [3.8, 4) is 11.9 Å². The van der Waals surface area contributed by atoms with Crippen LogP contribution in [0.2, 0.25) is 0 Å². The Morgan fingerprint density at radius 3 is 1.47 bits per heavy atom. The SMILES string of the molecule is COCc1cc2ccccc2n1-c1nc2c(c(NCc3ccccc3)n1)CCCC2.OCc1cc2ccccc2n1-c1nc2c(c(NCc3ccccc3)n1)CCCC2. The van der Waals surface area contributed by atoms with Gasteiger partial charge in [-0.15, -0.1) is 0 Å². The van der Waals surface area contributed by atoms with Gasteiger partial charge in [-0.05, 0) is 86.8 Å². The molecule has 59 heavy (non-hydrogen) atoms. The summed E-state index contributed by atoms with van der Waals surface area (Å²) in [5, 5.41) is 19.3. The highest BCUT2D eigenvalue weighted by atomic mass is 16.5. The molecule has 0 amide bonds. The molecule has 10 heteroatoms. The van der Waals surface area contributed by atoms with Gasteiger partial charge in [0.2, 0.25) is 11.9 Å². The molecule has 0 atom stereocenters. The maximum absolute atomic E-state index is 9.95. The summed E-state index contributed by atoms with van der Waals surface area (Å²) < 4.78 is 9.60. The van der Waals surface area contributed by atoms with Gasteiger partial charge in [0, 0.05) is 42.1 Å². The average molecular weight is 783 g/mol. The summed E-state index contributed by atoms with van der Waals surface area (Å²) in [7, 11) is 1.72. The minimum atomic E-state index is -0.0537. The third-order valence-electron chi connectivity index (χ3n) is 11.4. The third-order valence-corrected chi connectivity index (χ3v) is 11.4. The topological polar surface area (TPSA) is 115 Å². The predicted molar refractivity (Wildman–Crippen MR) is 235 cm³/mol. The van der Waals surface area contributed by atoms with Crippen LogP contribution >= 0.6 is 0 Å². The molecule has 8 aromatic rings. The van der Waals surface area contributed by atoms with Gasteiger partial charge in [-0.25, -0.2) is 9.97 Å². The number of aliphatic hydroxyl groups excluding tert-OH is 1. The molecule has 4 aromatic heterocycles. The number of fused-ring (bicyclic) bond motifs is 4. The second-order valence-electron chi connectivity index (χ2n) is 15.3. The van der Waals surface area contributed by atoms with Crippen LogP contribution in [-0.2, 0) is 56.7 Å². The van der Waals surface area contributed by atoms with E-state index in [1.54, 1.807) is 7.11 Å². The summed E-state index contributed by atoms with van der Waals surface area (Å²) in [5.74, 6) is 3.22. The molecular formula is C49H50N8O2. The lowest BCUT2D eigenvalue weighted by Crippen LogP contribution is -2.16. The number of aliphatic hydroxyl groups is 1. The summed E-state index contributed by atoms with van der Waals surface area (Å²) in [6, 6.07) is 41.5. The maximum Gasteiger partial charge on any atom is 0.236 e. The zero-order chi connectivity index (χ0) is 40.0. The van der Waals surface area contributed by atoms with Crippen molar-refractivity contribution in [2.24, 2.45) is 0 Å². The second-order valence-corrected chi connectivity index (χ2v) is 15.3. The van der Waals surface area contributed by atoms with E-state index < -0.39 is 0 Å². The van der Waals surface area contributed by atoms with Crippen molar-refractivity contribution >= 4 is 33.4 Å². The van der Waals surface area contributed by atoms with E-state index in [0.717, 1.165) is 96.3 Å². The van der Waals surface area contributed by atoms with Gasteiger partial charge >= 0.3 is 0 Å². The lowest BCUT2D eigenvalue weighted by atomic mass is 9.96. The minimum Gasteiger partial charge on any atom is -0.390 e. The van der Waals surface area contributed by atoms with Crippen LogP contribution in [0.1, 0.15) is 70.7 Å². The number of nitrogens with one attached hydrogen (secondary N) is 2. The highest BCUT2D eigenvalue weighted by molar-refractivity contribution is 5.83. The van der Waals surface area contributed by atoms with Gasteiger partial charge < -0.3 is 20.5 Å². The number of aromatic nitrogens is 6. The molecule has 4 aromatic carbocycles. The van der Waals surface area contributed by atoms with Crippen LogP contribution in [0.4, 0.5) is 11.6 Å². The number of benzene rings is 4. The van der Waals surface area contributed by atoms with Crippen molar-refractivity contribution in [3.05, 3.63) is 166 Å². The minimum absolute atomic E-state index is 0.0537. The number of anilines is 2. The summed E-state index contributed by atoms with van der Waals surface area (Å²) in [4.78, 5) is 19.9. The van der Waals surface area contributed by atoms with Gasteiger partial charge in [0.1, 0.15) is 11.6 Å². The fourth-order valence-corrected chi connectivity index (χ4v) is 8.48. The van der Waals surface area contributed by atoms with Crippen LogP contribution in [0.5, 0.6) is 0 Å². The molecular weight excluding hydrogens is 733 g/mol. The number of nitrogens with zero attached hydrogens (tertiary/aromatic N) is 6. The molecule has 0 bridgehead atoms. The molecule has 10 rings (SSSR count). The number of para-hydroxylation sites is 2. The number of hydrogen-bond donors (Lipinski definition) is 3. The highest BCUT2D eigenvalue weighted by Crippen LogP contribution is 2.31. The molecule has 0 unspecified atom stereocenters. The molecule has 0 spiro atoms. The Balaban J connectivity index is 0.000000152. The summed E-state index contributed by atoms with van der Waals surface area (Å²) >= 11 is 0. The number of rotatable bonds is 11. The molecule has 0 radical (unpaired) electrons. The standard InChI is InChI=1S/C25H26N4O.C24H24N4O/c1-30-17-20-15-19-11-5-8-14-23(19)29(20)25-27-22-13-7-6-12-21(22)24(28-25)26-16-18-9-3-2-4-10-18;29-16-19-14-18-10-4-7-13-22(18)28(19)24-26-21-12-6-5-11-20(21)23(27-24)25-15-17-8-2-1-3-9-17/h2-5,8-11,14-15H,6-7,12-13,16-17H2,1H3,(H,26,27,28);1-4,7-10,13-14,29H,5-6,11-12,15-16H2,(H,25,26,27). The van der Waals surface area contributed by atoms with E-state index in [4.69, 9.17) is 24.7 Å². The Morgan fingerprint density at radius 2 is 0.983 bits per heavy atom. The molecule has 4 heterocycles. The van der Waals surface area contributed by atoms with E-state index in [1.165, 1.54) is 52.6 Å². The summed E-state index contributed by atoms with van der Waals surface area (Å²) in [6.07, 6.45) is 8.71. The molecule has 3 N–H and O–H groups in total.